The molecule has 2 aromatic rings. The summed E-state index contributed by atoms with van der Waals surface area (Å²) in [6, 6.07) is 9.23. The minimum atomic E-state index is -3.26. The van der Waals surface area contributed by atoms with Crippen LogP contribution in [0.25, 0.3) is 0 Å². The predicted molar refractivity (Wildman–Crippen MR) is 79.5 cm³/mol. The van der Waals surface area contributed by atoms with Crippen molar-refractivity contribution in [3.05, 3.63) is 64.5 Å². The zero-order valence-corrected chi connectivity index (χ0v) is 12.9. The number of rotatable bonds is 3. The second-order valence-electron chi connectivity index (χ2n) is 5.21. The minimum Gasteiger partial charge on any atom is -0.384 e. The number of benzene rings is 2. The van der Waals surface area contributed by atoms with E-state index >= 15 is 0 Å². The van der Waals surface area contributed by atoms with E-state index in [4.69, 9.17) is 0 Å². The average Bonchev–Trinajstić information content (AvgIpc) is 2.42. The Balaban J connectivity index is 2.38. The van der Waals surface area contributed by atoms with Crippen LogP contribution in [0.1, 0.15) is 28.4 Å². The van der Waals surface area contributed by atoms with Gasteiger partial charge in [-0.1, -0.05) is 24.3 Å². The second-order valence-corrected chi connectivity index (χ2v) is 7.23. The summed E-state index contributed by atoms with van der Waals surface area (Å²) in [7, 11) is -3.26. The van der Waals surface area contributed by atoms with Gasteiger partial charge < -0.3 is 5.11 Å². The van der Waals surface area contributed by atoms with E-state index in [1.54, 1.807) is 38.1 Å². The monoisotopic (exact) mass is 308 g/mol. The van der Waals surface area contributed by atoms with Crippen LogP contribution in [0.15, 0.2) is 41.3 Å². The Morgan fingerprint density at radius 1 is 1.00 bits per heavy atom. The van der Waals surface area contributed by atoms with Gasteiger partial charge in [-0.15, -0.1) is 0 Å². The normalized spacial score (nSPS) is 13.2. The third-order valence-electron chi connectivity index (χ3n) is 3.40. The molecule has 2 aromatic carbocycles. The Kier molecular flexibility index (Phi) is 4.16. The highest BCUT2D eigenvalue weighted by atomic mass is 32.2. The van der Waals surface area contributed by atoms with Crippen LogP contribution in [0.2, 0.25) is 0 Å². The van der Waals surface area contributed by atoms with Crippen molar-refractivity contribution in [1.29, 1.82) is 0 Å². The lowest BCUT2D eigenvalue weighted by molar-refractivity contribution is 0.220. The number of hydrogen-bond donors (Lipinski definition) is 1. The Bertz CT molecular complexity index is 742. The number of aliphatic hydroxyl groups excluding tert-OH is 1. The minimum absolute atomic E-state index is 0.199. The van der Waals surface area contributed by atoms with Gasteiger partial charge in [-0.3, -0.25) is 0 Å². The molecule has 5 heteroatoms. The zero-order valence-electron chi connectivity index (χ0n) is 12.1. The molecule has 0 amide bonds. The van der Waals surface area contributed by atoms with Crippen LogP contribution < -0.4 is 0 Å². The molecule has 0 bridgehead atoms. The number of sulfone groups is 1. The number of hydrogen-bond acceptors (Lipinski definition) is 3. The maximum absolute atomic E-state index is 13.6. The van der Waals surface area contributed by atoms with Gasteiger partial charge in [-0.05, 0) is 48.2 Å². The summed E-state index contributed by atoms with van der Waals surface area (Å²) in [4.78, 5) is 0.199. The molecule has 0 aliphatic carbocycles. The quantitative estimate of drug-likeness (QED) is 0.948. The summed E-state index contributed by atoms with van der Waals surface area (Å²) >= 11 is 0. The molecule has 1 N–H and O–H groups in total. The SMILES string of the molecule is Cc1cc(C(O)c2ccc(S(C)(=O)=O)cc2)cc(C)c1F. The summed E-state index contributed by atoms with van der Waals surface area (Å²) in [5.74, 6) is -0.279. The number of halogens is 1. The van der Waals surface area contributed by atoms with Crippen LogP contribution in [0, 0.1) is 19.7 Å². The van der Waals surface area contributed by atoms with Crippen molar-refractivity contribution >= 4 is 9.84 Å². The molecule has 3 nitrogen and oxygen atoms in total. The molecule has 0 saturated carbocycles. The van der Waals surface area contributed by atoms with Gasteiger partial charge in [0.15, 0.2) is 9.84 Å². The lowest BCUT2D eigenvalue weighted by Gasteiger charge is -2.14. The lowest BCUT2D eigenvalue weighted by Crippen LogP contribution is -2.03. The maximum atomic E-state index is 13.6. The molecule has 1 atom stereocenters. The maximum Gasteiger partial charge on any atom is 0.175 e. The van der Waals surface area contributed by atoms with Gasteiger partial charge in [0.25, 0.3) is 0 Å². The van der Waals surface area contributed by atoms with E-state index < -0.39 is 15.9 Å². The Labute approximate surface area is 124 Å². The smallest absolute Gasteiger partial charge is 0.175 e. The van der Waals surface area contributed by atoms with Crippen LogP contribution in [-0.2, 0) is 9.84 Å². The van der Waals surface area contributed by atoms with Crippen molar-refractivity contribution in [3.8, 4) is 0 Å². The third-order valence-corrected chi connectivity index (χ3v) is 4.53. The van der Waals surface area contributed by atoms with Gasteiger partial charge in [0.2, 0.25) is 0 Å². The van der Waals surface area contributed by atoms with Gasteiger partial charge >= 0.3 is 0 Å². The van der Waals surface area contributed by atoms with Crippen LogP contribution >= 0.6 is 0 Å². The summed E-state index contributed by atoms with van der Waals surface area (Å²) in [6.45, 7) is 3.29. The van der Waals surface area contributed by atoms with E-state index in [9.17, 15) is 17.9 Å². The van der Waals surface area contributed by atoms with Gasteiger partial charge in [0.1, 0.15) is 11.9 Å². The highest BCUT2D eigenvalue weighted by molar-refractivity contribution is 7.90. The molecule has 0 aliphatic rings. The van der Waals surface area contributed by atoms with Gasteiger partial charge in [0.05, 0.1) is 4.90 Å². The summed E-state index contributed by atoms with van der Waals surface area (Å²) in [5, 5.41) is 10.4. The number of aryl methyl sites for hydroxylation is 2. The summed E-state index contributed by atoms with van der Waals surface area (Å²) < 4.78 is 36.4. The van der Waals surface area contributed by atoms with E-state index in [1.807, 2.05) is 0 Å². The van der Waals surface area contributed by atoms with Gasteiger partial charge in [-0.2, -0.15) is 0 Å². The second kappa shape index (κ2) is 5.58. The van der Waals surface area contributed by atoms with E-state index in [0.29, 0.717) is 22.3 Å². The first-order valence-electron chi connectivity index (χ1n) is 6.45. The topological polar surface area (TPSA) is 54.4 Å². The van der Waals surface area contributed by atoms with Crippen molar-refractivity contribution in [2.75, 3.05) is 6.26 Å². The van der Waals surface area contributed by atoms with Crippen LogP contribution in [0.5, 0.6) is 0 Å². The standard InChI is InChI=1S/C16H17FO3S/c1-10-8-13(9-11(2)15(10)17)16(18)12-4-6-14(7-5-12)21(3,19)20/h4-9,16,18H,1-3H3. The molecule has 0 aromatic heterocycles. The van der Waals surface area contributed by atoms with Crippen molar-refractivity contribution in [2.45, 2.75) is 24.8 Å². The number of aliphatic hydroxyl groups is 1. The van der Waals surface area contributed by atoms with Crippen molar-refractivity contribution in [3.63, 3.8) is 0 Å². The zero-order chi connectivity index (χ0) is 15.8. The predicted octanol–water partition coefficient (Wildman–Crippen LogP) is 2.93. The fourth-order valence-electron chi connectivity index (χ4n) is 2.23. The lowest BCUT2D eigenvalue weighted by atomic mass is 9.97. The van der Waals surface area contributed by atoms with Crippen LogP contribution in [0.3, 0.4) is 0 Å². The van der Waals surface area contributed by atoms with Crippen molar-refractivity contribution < 1.29 is 17.9 Å². The molecule has 0 saturated heterocycles. The first-order chi connectivity index (χ1) is 9.70. The first kappa shape index (κ1) is 15.7. The van der Waals surface area contributed by atoms with E-state index in [0.717, 1.165) is 6.26 Å². The fraction of sp³-hybridized carbons (Fsp3) is 0.250. The van der Waals surface area contributed by atoms with Crippen LogP contribution in [0.4, 0.5) is 4.39 Å². The molecule has 0 aliphatic heterocycles. The van der Waals surface area contributed by atoms with E-state index in [2.05, 4.69) is 0 Å². The molecular weight excluding hydrogens is 291 g/mol. The molecule has 112 valence electrons. The Hall–Kier alpha value is -1.72. The average molecular weight is 308 g/mol. The van der Waals surface area contributed by atoms with E-state index in [-0.39, 0.29) is 10.7 Å². The van der Waals surface area contributed by atoms with Crippen LogP contribution in [-0.4, -0.2) is 19.8 Å². The van der Waals surface area contributed by atoms with Gasteiger partial charge in [0, 0.05) is 6.26 Å². The third kappa shape index (κ3) is 3.31. The van der Waals surface area contributed by atoms with Crippen molar-refractivity contribution in [2.24, 2.45) is 0 Å². The highest BCUT2D eigenvalue weighted by Gasteiger charge is 2.15. The molecule has 21 heavy (non-hydrogen) atoms. The summed E-state index contributed by atoms with van der Waals surface area (Å²) in [6.07, 6.45) is 0.210. The molecular formula is C16H17FO3S. The first-order valence-corrected chi connectivity index (χ1v) is 8.34. The van der Waals surface area contributed by atoms with E-state index in [1.165, 1.54) is 12.1 Å². The molecule has 0 fully saturated rings. The molecule has 1 unspecified atom stereocenters. The summed E-state index contributed by atoms with van der Waals surface area (Å²) in [5.41, 5.74) is 2.08. The Morgan fingerprint density at radius 3 is 1.90 bits per heavy atom. The van der Waals surface area contributed by atoms with Crippen molar-refractivity contribution in [1.82, 2.24) is 0 Å². The van der Waals surface area contributed by atoms with Gasteiger partial charge in [-0.25, -0.2) is 12.8 Å². The molecule has 2 rings (SSSR count). The molecule has 0 heterocycles. The largest absolute Gasteiger partial charge is 0.384 e. The molecule has 0 radical (unpaired) electrons. The molecule has 0 spiro atoms. The highest BCUT2D eigenvalue weighted by Crippen LogP contribution is 2.26. The fourth-order valence-corrected chi connectivity index (χ4v) is 2.86. The Morgan fingerprint density at radius 2 is 1.48 bits per heavy atom.